The Bertz CT molecular complexity index is 425. The van der Waals surface area contributed by atoms with Crippen LogP contribution in [0.3, 0.4) is 0 Å². The van der Waals surface area contributed by atoms with Crippen LogP contribution in [0.15, 0.2) is 18.2 Å². The van der Waals surface area contributed by atoms with Crippen molar-refractivity contribution in [3.8, 4) is 0 Å². The number of nitrogens with two attached hydrogens (primary N) is 1. The zero-order chi connectivity index (χ0) is 13.3. The van der Waals surface area contributed by atoms with E-state index in [9.17, 15) is 13.2 Å². The summed E-state index contributed by atoms with van der Waals surface area (Å²) in [5.41, 5.74) is 5.55. The minimum atomic E-state index is -4.34. The van der Waals surface area contributed by atoms with Crippen LogP contribution in [0.25, 0.3) is 0 Å². The molecule has 0 amide bonds. The molecule has 1 saturated carbocycles. The van der Waals surface area contributed by atoms with Gasteiger partial charge in [-0.2, -0.15) is 13.2 Å². The van der Waals surface area contributed by atoms with E-state index >= 15 is 0 Å². The Morgan fingerprint density at radius 3 is 2.44 bits per heavy atom. The molecule has 0 radical (unpaired) electrons. The first-order valence-corrected chi connectivity index (χ1v) is 6.14. The van der Waals surface area contributed by atoms with E-state index < -0.39 is 11.7 Å². The van der Waals surface area contributed by atoms with Gasteiger partial charge in [-0.25, -0.2) is 0 Å². The fourth-order valence-electron chi connectivity index (χ4n) is 2.22. The summed E-state index contributed by atoms with van der Waals surface area (Å²) in [5.74, 6) is 0. The van der Waals surface area contributed by atoms with E-state index in [0.717, 1.165) is 19.4 Å². The second-order valence-electron chi connectivity index (χ2n) is 4.56. The molecule has 0 heterocycles. The topological polar surface area (TPSA) is 29.3 Å². The van der Waals surface area contributed by atoms with Crippen molar-refractivity contribution in [2.75, 3.05) is 11.4 Å². The first-order chi connectivity index (χ1) is 8.47. The van der Waals surface area contributed by atoms with Crippen molar-refractivity contribution in [1.29, 1.82) is 0 Å². The second kappa shape index (κ2) is 4.80. The predicted octanol–water partition coefficient (Wildman–Crippen LogP) is 3.15. The SMILES string of the molecule is CCN(c1ccc(CN)c(C(F)(F)F)c1)C1CC1. The molecule has 100 valence electrons. The van der Waals surface area contributed by atoms with Crippen LogP contribution >= 0.6 is 0 Å². The molecule has 0 aromatic heterocycles. The monoisotopic (exact) mass is 258 g/mol. The summed E-state index contributed by atoms with van der Waals surface area (Å²) in [7, 11) is 0. The molecule has 1 aromatic rings. The lowest BCUT2D eigenvalue weighted by atomic mass is 10.1. The molecule has 0 aliphatic heterocycles. The smallest absolute Gasteiger partial charge is 0.369 e. The average Bonchev–Trinajstić information content (AvgIpc) is 3.13. The molecule has 1 aliphatic carbocycles. The Morgan fingerprint density at radius 1 is 1.33 bits per heavy atom. The second-order valence-corrected chi connectivity index (χ2v) is 4.56. The number of halogens is 3. The fraction of sp³-hybridized carbons (Fsp3) is 0.538. The molecule has 18 heavy (non-hydrogen) atoms. The van der Waals surface area contributed by atoms with E-state index in [0.29, 0.717) is 11.7 Å². The number of benzene rings is 1. The Hall–Kier alpha value is -1.23. The molecule has 1 fully saturated rings. The largest absolute Gasteiger partial charge is 0.416 e. The van der Waals surface area contributed by atoms with Crippen molar-refractivity contribution in [2.24, 2.45) is 5.73 Å². The summed E-state index contributed by atoms with van der Waals surface area (Å²) < 4.78 is 38.8. The predicted molar refractivity (Wildman–Crippen MR) is 65.4 cm³/mol. The van der Waals surface area contributed by atoms with Gasteiger partial charge in [0.05, 0.1) is 5.56 Å². The van der Waals surface area contributed by atoms with E-state index in [2.05, 4.69) is 0 Å². The Balaban J connectivity index is 2.38. The quantitative estimate of drug-likeness (QED) is 0.899. The van der Waals surface area contributed by atoms with Gasteiger partial charge in [-0.15, -0.1) is 0 Å². The first-order valence-electron chi connectivity index (χ1n) is 6.14. The van der Waals surface area contributed by atoms with E-state index in [4.69, 9.17) is 5.73 Å². The number of anilines is 1. The number of rotatable bonds is 4. The summed E-state index contributed by atoms with van der Waals surface area (Å²) in [6.07, 6.45) is -2.21. The van der Waals surface area contributed by atoms with Crippen molar-refractivity contribution in [2.45, 2.75) is 38.5 Å². The van der Waals surface area contributed by atoms with E-state index in [1.807, 2.05) is 11.8 Å². The first kappa shape index (κ1) is 13.2. The Kier molecular flexibility index (Phi) is 3.52. The molecule has 1 aliphatic rings. The Labute approximate surface area is 105 Å². The van der Waals surface area contributed by atoms with Gasteiger partial charge >= 0.3 is 6.18 Å². The normalized spacial score (nSPS) is 15.8. The highest BCUT2D eigenvalue weighted by atomic mass is 19.4. The van der Waals surface area contributed by atoms with Gasteiger partial charge in [0.1, 0.15) is 0 Å². The van der Waals surface area contributed by atoms with Gasteiger partial charge in [0.2, 0.25) is 0 Å². The van der Waals surface area contributed by atoms with Crippen LogP contribution in [0.5, 0.6) is 0 Å². The molecular weight excluding hydrogens is 241 g/mol. The van der Waals surface area contributed by atoms with E-state index in [1.54, 1.807) is 6.07 Å². The summed E-state index contributed by atoms with van der Waals surface area (Å²) in [4.78, 5) is 2.02. The van der Waals surface area contributed by atoms with Crippen LogP contribution in [0.4, 0.5) is 18.9 Å². The number of alkyl halides is 3. The molecule has 5 heteroatoms. The van der Waals surface area contributed by atoms with Crippen molar-refractivity contribution in [3.63, 3.8) is 0 Å². The van der Waals surface area contributed by atoms with Gasteiger partial charge < -0.3 is 10.6 Å². The molecule has 2 nitrogen and oxygen atoms in total. The molecule has 2 N–H and O–H groups in total. The van der Waals surface area contributed by atoms with Crippen LogP contribution in [-0.2, 0) is 12.7 Å². The van der Waals surface area contributed by atoms with Crippen LogP contribution in [0, 0.1) is 0 Å². The third kappa shape index (κ3) is 2.61. The van der Waals surface area contributed by atoms with Gasteiger partial charge in [-0.05, 0) is 37.5 Å². The zero-order valence-corrected chi connectivity index (χ0v) is 10.3. The van der Waals surface area contributed by atoms with Gasteiger partial charge in [0.15, 0.2) is 0 Å². The lowest BCUT2D eigenvalue weighted by Gasteiger charge is -2.24. The maximum absolute atomic E-state index is 12.9. The molecule has 0 atom stereocenters. The third-order valence-electron chi connectivity index (χ3n) is 3.28. The van der Waals surface area contributed by atoms with E-state index in [-0.39, 0.29) is 12.1 Å². The molecule has 0 saturated heterocycles. The molecule has 0 spiro atoms. The van der Waals surface area contributed by atoms with Crippen molar-refractivity contribution >= 4 is 5.69 Å². The number of nitrogens with zero attached hydrogens (tertiary/aromatic N) is 1. The minimum Gasteiger partial charge on any atom is -0.369 e. The Morgan fingerprint density at radius 2 is 2.00 bits per heavy atom. The summed E-state index contributed by atoms with van der Waals surface area (Å²) in [6.45, 7) is 2.59. The van der Waals surface area contributed by atoms with Crippen LogP contribution in [-0.4, -0.2) is 12.6 Å². The van der Waals surface area contributed by atoms with Crippen LogP contribution in [0.2, 0.25) is 0 Å². The van der Waals surface area contributed by atoms with Gasteiger partial charge in [0, 0.05) is 24.8 Å². The maximum atomic E-state index is 12.9. The average molecular weight is 258 g/mol. The number of hydrogen-bond donors (Lipinski definition) is 1. The van der Waals surface area contributed by atoms with Gasteiger partial charge in [-0.1, -0.05) is 6.07 Å². The van der Waals surface area contributed by atoms with Crippen molar-refractivity contribution in [3.05, 3.63) is 29.3 Å². The van der Waals surface area contributed by atoms with Crippen LogP contribution in [0.1, 0.15) is 30.9 Å². The maximum Gasteiger partial charge on any atom is 0.416 e. The summed E-state index contributed by atoms with van der Waals surface area (Å²) >= 11 is 0. The fourth-order valence-corrected chi connectivity index (χ4v) is 2.22. The third-order valence-corrected chi connectivity index (χ3v) is 3.28. The minimum absolute atomic E-state index is 0.0926. The molecule has 0 unspecified atom stereocenters. The molecule has 2 rings (SSSR count). The van der Waals surface area contributed by atoms with Crippen molar-refractivity contribution in [1.82, 2.24) is 0 Å². The van der Waals surface area contributed by atoms with E-state index in [1.165, 1.54) is 12.1 Å². The highest BCUT2D eigenvalue weighted by Gasteiger charge is 2.35. The van der Waals surface area contributed by atoms with Gasteiger partial charge in [-0.3, -0.25) is 0 Å². The highest BCUT2D eigenvalue weighted by Crippen LogP contribution is 2.37. The molecule has 0 bridgehead atoms. The summed E-state index contributed by atoms with van der Waals surface area (Å²) in [5, 5.41) is 0. The lowest BCUT2D eigenvalue weighted by Crippen LogP contribution is -2.25. The highest BCUT2D eigenvalue weighted by molar-refractivity contribution is 5.53. The molecule has 1 aromatic carbocycles. The van der Waals surface area contributed by atoms with Crippen LogP contribution < -0.4 is 10.6 Å². The standard InChI is InChI=1S/C13H17F3N2/c1-2-18(10-5-6-10)11-4-3-9(8-17)12(7-11)13(14,15)16/h3-4,7,10H,2,5-6,8,17H2,1H3. The number of hydrogen-bond acceptors (Lipinski definition) is 2. The lowest BCUT2D eigenvalue weighted by molar-refractivity contribution is -0.138. The van der Waals surface area contributed by atoms with Crippen molar-refractivity contribution < 1.29 is 13.2 Å². The van der Waals surface area contributed by atoms with Gasteiger partial charge in [0.25, 0.3) is 0 Å². The zero-order valence-electron chi connectivity index (χ0n) is 10.3. The molecular formula is C13H17F3N2. The summed E-state index contributed by atoms with van der Waals surface area (Å²) in [6, 6.07) is 4.85.